The first-order chi connectivity index (χ1) is 34.7. The molecular weight excluding hydrogens is 875 g/mol. The molecule has 5 heterocycles. The molecule has 70 heavy (non-hydrogen) atoms. The average molecular weight is 912 g/mol. The van der Waals surface area contributed by atoms with Crippen LogP contribution in [0.1, 0.15) is 0 Å². The molecule has 326 valence electrons. The first kappa shape index (κ1) is 38.9. The summed E-state index contributed by atoms with van der Waals surface area (Å²) >= 11 is 1.79. The molecule has 0 spiro atoms. The number of aromatic nitrogens is 5. The summed E-state index contributed by atoms with van der Waals surface area (Å²) in [4.78, 5) is 16.1. The molecule has 0 N–H and O–H groups in total. The predicted octanol–water partition coefficient (Wildman–Crippen LogP) is 17.0. The fourth-order valence-corrected chi connectivity index (χ4v) is 11.9. The number of rotatable bonds is 6. The zero-order valence-electron chi connectivity index (χ0n) is 37.4. The molecule has 15 aromatic rings. The van der Waals surface area contributed by atoms with Crippen molar-refractivity contribution in [2.24, 2.45) is 0 Å². The third kappa shape index (κ3) is 5.89. The van der Waals surface area contributed by atoms with E-state index in [-0.39, 0.29) is 0 Å². The zero-order chi connectivity index (χ0) is 45.9. The van der Waals surface area contributed by atoms with Crippen LogP contribution in [-0.2, 0) is 0 Å². The highest BCUT2D eigenvalue weighted by Crippen LogP contribution is 2.45. The van der Waals surface area contributed by atoms with Crippen LogP contribution in [0.5, 0.6) is 0 Å². The van der Waals surface area contributed by atoms with Crippen LogP contribution in [0.2, 0.25) is 0 Å². The number of furan rings is 1. The zero-order valence-corrected chi connectivity index (χ0v) is 38.2. The minimum Gasteiger partial charge on any atom is -0.454 e. The van der Waals surface area contributed by atoms with Crippen LogP contribution in [0, 0.1) is 0 Å². The Hall–Kier alpha value is -9.17. The molecule has 0 aliphatic rings. The SMILES string of the molecule is c1ccc(-c2ccc(-c3cc(-n4c5ccccc5c5ccc6c7ccccc7n(-c7nc(-c8ccccc8)nc(-c8ccc9c(c8)sc8ccccc89)n7)c6c54)c4oc5ccccc5c4c3)cc2)cc1. The van der Waals surface area contributed by atoms with Crippen molar-refractivity contribution in [2.45, 2.75) is 0 Å². The van der Waals surface area contributed by atoms with Gasteiger partial charge < -0.3 is 8.98 Å². The first-order valence-corrected chi connectivity index (χ1v) is 24.3. The number of fused-ring (bicyclic) bond motifs is 13. The topological polar surface area (TPSA) is 61.7 Å². The van der Waals surface area contributed by atoms with Crippen LogP contribution in [0.25, 0.3) is 142 Å². The number of thiophene rings is 1. The lowest BCUT2D eigenvalue weighted by Crippen LogP contribution is -2.07. The smallest absolute Gasteiger partial charge is 0.238 e. The van der Waals surface area contributed by atoms with E-state index in [0.717, 1.165) is 93.5 Å². The van der Waals surface area contributed by atoms with E-state index in [1.165, 1.54) is 31.3 Å². The second-order valence-electron chi connectivity index (χ2n) is 17.9. The minimum atomic E-state index is 0.539. The van der Waals surface area contributed by atoms with Crippen molar-refractivity contribution >= 4 is 97.1 Å². The van der Waals surface area contributed by atoms with E-state index in [1.807, 2.05) is 24.3 Å². The lowest BCUT2D eigenvalue weighted by Gasteiger charge is -2.15. The highest BCUT2D eigenvalue weighted by atomic mass is 32.1. The number of nitrogens with zero attached hydrogens (tertiary/aromatic N) is 5. The Balaban J connectivity index is 1.04. The van der Waals surface area contributed by atoms with E-state index in [9.17, 15) is 0 Å². The third-order valence-corrected chi connectivity index (χ3v) is 15.1. The molecule has 0 fully saturated rings. The van der Waals surface area contributed by atoms with E-state index >= 15 is 0 Å². The molecule has 10 aromatic carbocycles. The summed E-state index contributed by atoms with van der Waals surface area (Å²) in [5.41, 5.74) is 13.1. The van der Waals surface area contributed by atoms with Crippen LogP contribution in [0.15, 0.2) is 229 Å². The Labute approximate surface area is 404 Å². The molecule has 0 bridgehead atoms. The van der Waals surface area contributed by atoms with Crippen molar-refractivity contribution in [1.82, 2.24) is 24.1 Å². The van der Waals surface area contributed by atoms with Gasteiger partial charge in [0.15, 0.2) is 17.2 Å². The normalized spacial score (nSPS) is 12.0. The molecule has 5 aromatic heterocycles. The maximum atomic E-state index is 6.98. The van der Waals surface area contributed by atoms with Crippen LogP contribution in [0.3, 0.4) is 0 Å². The van der Waals surface area contributed by atoms with E-state index in [0.29, 0.717) is 17.6 Å². The summed E-state index contributed by atoms with van der Waals surface area (Å²) in [5, 5.41) is 9.05. The van der Waals surface area contributed by atoms with Crippen LogP contribution in [0.4, 0.5) is 0 Å². The monoisotopic (exact) mass is 911 g/mol. The van der Waals surface area contributed by atoms with Gasteiger partial charge in [-0.1, -0.05) is 182 Å². The molecule has 15 rings (SSSR count). The second kappa shape index (κ2) is 15.2. The molecule has 0 aliphatic heterocycles. The molecule has 0 aliphatic carbocycles. The molecule has 0 radical (unpaired) electrons. The highest BCUT2D eigenvalue weighted by Gasteiger charge is 2.26. The Morgan fingerprint density at radius 2 is 0.843 bits per heavy atom. The molecule has 7 heteroatoms. The van der Waals surface area contributed by atoms with E-state index in [2.05, 4.69) is 209 Å². The Kier molecular flexibility index (Phi) is 8.43. The van der Waals surface area contributed by atoms with Crippen LogP contribution in [-0.4, -0.2) is 24.1 Å². The predicted molar refractivity (Wildman–Crippen MR) is 290 cm³/mol. The van der Waals surface area contributed by atoms with Gasteiger partial charge in [0.2, 0.25) is 5.95 Å². The van der Waals surface area contributed by atoms with Gasteiger partial charge in [0, 0.05) is 63.6 Å². The van der Waals surface area contributed by atoms with Crippen LogP contribution < -0.4 is 0 Å². The standard InChI is InChI=1S/C63H37N5OS/c1-3-15-38(16-4-1)39-27-29-40(30-28-39)43-35-51-46-21-9-13-25-55(46)69-60(51)54(36-43)67-52-23-11-7-19-44(52)49-33-34-50-45-20-8-12-24-53(45)68(59(50)58(49)67)63-65-61(41-17-5-2-6-18-41)64-62(66-63)42-31-32-48-47-22-10-14-26-56(47)70-57(48)37-42/h1-37H. The lowest BCUT2D eigenvalue weighted by molar-refractivity contribution is 0.666. The van der Waals surface area contributed by atoms with Crippen molar-refractivity contribution in [3.05, 3.63) is 224 Å². The largest absolute Gasteiger partial charge is 0.454 e. The quantitative estimate of drug-likeness (QED) is 0.167. The van der Waals surface area contributed by atoms with E-state index < -0.39 is 0 Å². The fraction of sp³-hybridized carbons (Fsp3) is 0. The van der Waals surface area contributed by atoms with Crippen molar-refractivity contribution < 1.29 is 4.42 Å². The maximum Gasteiger partial charge on any atom is 0.238 e. The summed E-state index contributed by atoms with van der Waals surface area (Å²) in [6.45, 7) is 0. The Bertz CT molecular complexity index is 4580. The first-order valence-electron chi connectivity index (χ1n) is 23.5. The Morgan fingerprint density at radius 1 is 0.329 bits per heavy atom. The van der Waals surface area contributed by atoms with E-state index in [4.69, 9.17) is 19.4 Å². The van der Waals surface area contributed by atoms with E-state index in [1.54, 1.807) is 11.3 Å². The number of hydrogen-bond acceptors (Lipinski definition) is 5. The third-order valence-electron chi connectivity index (χ3n) is 14.0. The number of hydrogen-bond donors (Lipinski definition) is 0. The van der Waals surface area contributed by atoms with Gasteiger partial charge >= 0.3 is 0 Å². The fourth-order valence-electron chi connectivity index (χ4n) is 10.8. The summed E-state index contributed by atoms with van der Waals surface area (Å²) in [7, 11) is 0. The average Bonchev–Trinajstić information content (AvgIpc) is 4.19. The van der Waals surface area contributed by atoms with Gasteiger partial charge in [-0.15, -0.1) is 11.3 Å². The second-order valence-corrected chi connectivity index (χ2v) is 19.0. The van der Waals surface area contributed by atoms with Gasteiger partial charge in [-0.25, -0.2) is 4.98 Å². The molecular formula is C63H37N5OS. The van der Waals surface area contributed by atoms with Gasteiger partial charge in [-0.05, 0) is 64.7 Å². The molecule has 6 nitrogen and oxygen atoms in total. The van der Waals surface area contributed by atoms with Gasteiger partial charge in [-0.2, -0.15) is 9.97 Å². The summed E-state index contributed by atoms with van der Waals surface area (Å²) in [5.74, 6) is 1.75. The summed E-state index contributed by atoms with van der Waals surface area (Å²) in [6, 6.07) is 79.7. The van der Waals surface area contributed by atoms with Gasteiger partial charge in [0.25, 0.3) is 0 Å². The Morgan fingerprint density at radius 3 is 1.57 bits per heavy atom. The van der Waals surface area contributed by atoms with Crippen molar-refractivity contribution in [3.63, 3.8) is 0 Å². The van der Waals surface area contributed by atoms with Crippen molar-refractivity contribution in [1.29, 1.82) is 0 Å². The van der Waals surface area contributed by atoms with Crippen LogP contribution >= 0.6 is 11.3 Å². The van der Waals surface area contributed by atoms with Crippen molar-refractivity contribution in [2.75, 3.05) is 0 Å². The maximum absolute atomic E-state index is 6.98. The number of benzene rings is 10. The molecule has 0 atom stereocenters. The van der Waals surface area contributed by atoms with Gasteiger partial charge in [-0.3, -0.25) is 4.57 Å². The molecule has 0 unspecified atom stereocenters. The summed E-state index contributed by atoms with van der Waals surface area (Å²) in [6.07, 6.45) is 0. The molecule has 0 saturated carbocycles. The summed E-state index contributed by atoms with van der Waals surface area (Å²) < 4.78 is 14.1. The van der Waals surface area contributed by atoms with Gasteiger partial charge in [0.05, 0.1) is 27.8 Å². The lowest BCUT2D eigenvalue weighted by atomic mass is 9.98. The van der Waals surface area contributed by atoms with Gasteiger partial charge in [0.1, 0.15) is 5.58 Å². The molecule has 0 saturated heterocycles. The minimum absolute atomic E-state index is 0.539. The number of para-hydroxylation sites is 3. The highest BCUT2D eigenvalue weighted by molar-refractivity contribution is 7.25. The van der Waals surface area contributed by atoms with Crippen molar-refractivity contribution in [3.8, 4) is 56.7 Å². The molecule has 0 amide bonds.